The van der Waals surface area contributed by atoms with Crippen LogP contribution < -0.4 is 20.2 Å². The second-order valence-corrected chi connectivity index (χ2v) is 6.35. The second kappa shape index (κ2) is 10.1. The molecule has 1 fully saturated rings. The monoisotopic (exact) mass is 349 g/mol. The van der Waals surface area contributed by atoms with Gasteiger partial charge in [-0.05, 0) is 55.2 Å². The van der Waals surface area contributed by atoms with Crippen LogP contribution in [0.25, 0.3) is 0 Å². The second-order valence-electron chi connectivity index (χ2n) is 5.94. The van der Waals surface area contributed by atoms with Crippen LogP contribution in [0, 0.1) is 0 Å². The van der Waals surface area contributed by atoms with E-state index in [1.54, 1.807) is 13.3 Å². The van der Waals surface area contributed by atoms with Crippen LogP contribution in [0.15, 0.2) is 23.3 Å². The zero-order valence-electron chi connectivity index (χ0n) is 14.5. The molecule has 1 aliphatic rings. The fraction of sp³-hybridized carbons (Fsp3) is 0.556. The minimum atomic E-state index is 0.476. The third-order valence-electron chi connectivity index (χ3n) is 3.97. The molecule has 0 saturated heterocycles. The Morgan fingerprint density at radius 2 is 2.08 bits per heavy atom. The number of hydrogen-bond acceptors (Lipinski definition) is 4. The van der Waals surface area contributed by atoms with Gasteiger partial charge in [0.05, 0.1) is 19.9 Å². The smallest absolute Gasteiger partial charge is 0.187 e. The zero-order chi connectivity index (χ0) is 17.2. The number of nitrogens with one attached hydrogen (secondary N) is 2. The molecule has 1 saturated carbocycles. The van der Waals surface area contributed by atoms with Crippen LogP contribution in [0.5, 0.6) is 11.5 Å². The van der Waals surface area contributed by atoms with Gasteiger partial charge in [0.15, 0.2) is 16.6 Å². The highest BCUT2D eigenvalue weighted by Gasteiger charge is 2.13. The Morgan fingerprint density at radius 3 is 2.79 bits per heavy atom. The summed E-state index contributed by atoms with van der Waals surface area (Å²) in [6, 6.07) is 6.20. The lowest BCUT2D eigenvalue weighted by atomic mass is 9.96. The summed E-state index contributed by atoms with van der Waals surface area (Å²) in [6.07, 6.45) is 8.92. The molecule has 0 aromatic heterocycles. The van der Waals surface area contributed by atoms with Gasteiger partial charge in [-0.25, -0.2) is 0 Å². The molecule has 0 heterocycles. The molecule has 0 atom stereocenters. The largest absolute Gasteiger partial charge is 0.493 e. The molecule has 0 bridgehead atoms. The lowest BCUT2D eigenvalue weighted by Gasteiger charge is -2.23. The van der Waals surface area contributed by atoms with Crippen molar-refractivity contribution in [3.8, 4) is 11.5 Å². The topological polar surface area (TPSA) is 54.9 Å². The lowest BCUT2D eigenvalue weighted by molar-refractivity contribution is 0.294. The molecule has 0 amide bonds. The molecule has 2 rings (SSSR count). The number of thiocarbonyl (C=S) groups is 1. The fourth-order valence-corrected chi connectivity index (χ4v) is 2.95. The molecular formula is C18H27N3O2S. The molecule has 6 heteroatoms. The maximum Gasteiger partial charge on any atom is 0.187 e. The first-order chi connectivity index (χ1) is 11.7. The predicted molar refractivity (Wildman–Crippen MR) is 102 cm³/mol. The number of ether oxygens (including phenoxy) is 2. The van der Waals surface area contributed by atoms with Gasteiger partial charge in [0.1, 0.15) is 0 Å². The first kappa shape index (κ1) is 18.5. The van der Waals surface area contributed by atoms with Crippen molar-refractivity contribution >= 4 is 23.5 Å². The maximum atomic E-state index is 5.70. The van der Waals surface area contributed by atoms with E-state index in [-0.39, 0.29) is 0 Å². The molecule has 0 aliphatic heterocycles. The van der Waals surface area contributed by atoms with Crippen molar-refractivity contribution in [3.63, 3.8) is 0 Å². The molecule has 0 radical (unpaired) electrons. The number of nitrogens with zero attached hydrogens (tertiary/aromatic N) is 1. The van der Waals surface area contributed by atoms with Gasteiger partial charge < -0.3 is 14.8 Å². The van der Waals surface area contributed by atoms with Crippen LogP contribution >= 0.6 is 12.2 Å². The highest BCUT2D eigenvalue weighted by atomic mass is 32.1. The van der Waals surface area contributed by atoms with Crippen LogP contribution in [0.4, 0.5) is 0 Å². The van der Waals surface area contributed by atoms with Gasteiger partial charge >= 0.3 is 0 Å². The van der Waals surface area contributed by atoms with Crippen molar-refractivity contribution in [2.45, 2.75) is 51.5 Å². The molecule has 0 unspecified atom stereocenters. The van der Waals surface area contributed by atoms with E-state index in [1.807, 2.05) is 18.2 Å². The van der Waals surface area contributed by atoms with E-state index in [9.17, 15) is 0 Å². The van der Waals surface area contributed by atoms with Gasteiger partial charge in [-0.15, -0.1) is 0 Å². The Labute approximate surface area is 149 Å². The van der Waals surface area contributed by atoms with Crippen LogP contribution in [-0.4, -0.2) is 31.1 Å². The minimum Gasteiger partial charge on any atom is -0.493 e. The molecule has 0 spiro atoms. The summed E-state index contributed by atoms with van der Waals surface area (Å²) in [5.41, 5.74) is 3.81. The quantitative estimate of drug-likeness (QED) is 0.447. The third-order valence-corrected chi connectivity index (χ3v) is 4.18. The van der Waals surface area contributed by atoms with Gasteiger partial charge in [0, 0.05) is 6.04 Å². The molecule has 1 aliphatic carbocycles. The molecule has 1 aromatic rings. The van der Waals surface area contributed by atoms with Crippen LogP contribution in [-0.2, 0) is 0 Å². The fourth-order valence-electron chi connectivity index (χ4n) is 2.73. The van der Waals surface area contributed by atoms with Gasteiger partial charge in [0.2, 0.25) is 0 Å². The Hall–Kier alpha value is -1.82. The van der Waals surface area contributed by atoms with Crippen molar-refractivity contribution in [1.82, 2.24) is 10.7 Å². The summed E-state index contributed by atoms with van der Waals surface area (Å²) in [4.78, 5) is 0. The summed E-state index contributed by atoms with van der Waals surface area (Å²) in [5.74, 6) is 1.45. The molecule has 24 heavy (non-hydrogen) atoms. The normalized spacial score (nSPS) is 15.2. The minimum absolute atomic E-state index is 0.476. The van der Waals surface area contributed by atoms with E-state index in [2.05, 4.69) is 22.8 Å². The molecule has 5 nitrogen and oxygen atoms in total. The summed E-state index contributed by atoms with van der Waals surface area (Å²) in [5, 5.41) is 8.11. The van der Waals surface area contributed by atoms with E-state index in [0.29, 0.717) is 17.8 Å². The maximum absolute atomic E-state index is 5.70. The first-order valence-electron chi connectivity index (χ1n) is 8.63. The summed E-state index contributed by atoms with van der Waals surface area (Å²) >= 11 is 5.29. The van der Waals surface area contributed by atoms with Crippen LogP contribution in [0.2, 0.25) is 0 Å². The number of rotatable bonds is 7. The van der Waals surface area contributed by atoms with E-state index >= 15 is 0 Å². The Morgan fingerprint density at radius 1 is 1.29 bits per heavy atom. The lowest BCUT2D eigenvalue weighted by Crippen LogP contribution is -2.40. The first-order valence-corrected chi connectivity index (χ1v) is 9.04. The Kier molecular flexibility index (Phi) is 7.82. The standard InChI is InChI=1S/C18H27N3O2S/c1-3-11-23-17-12-14(9-10-16(17)22-2)13-19-21-18(24)20-15-7-5-4-6-8-15/h9-10,12-13,15H,3-8,11H2,1-2H3,(H2,20,21,24)/b19-13-. The highest BCUT2D eigenvalue weighted by Crippen LogP contribution is 2.27. The van der Waals surface area contributed by atoms with Gasteiger partial charge in [-0.2, -0.15) is 5.10 Å². The van der Waals surface area contributed by atoms with Crippen molar-refractivity contribution in [3.05, 3.63) is 23.8 Å². The number of hydrazone groups is 1. The molecule has 2 N–H and O–H groups in total. The van der Waals surface area contributed by atoms with Crippen molar-refractivity contribution in [2.75, 3.05) is 13.7 Å². The Bertz CT molecular complexity index is 557. The number of benzene rings is 1. The van der Waals surface area contributed by atoms with Crippen LogP contribution in [0.3, 0.4) is 0 Å². The van der Waals surface area contributed by atoms with Crippen LogP contribution in [0.1, 0.15) is 51.0 Å². The van der Waals surface area contributed by atoms with E-state index < -0.39 is 0 Å². The average Bonchev–Trinajstić information content (AvgIpc) is 2.61. The van der Waals surface area contributed by atoms with Crippen molar-refractivity contribution < 1.29 is 9.47 Å². The van der Waals surface area contributed by atoms with Gasteiger partial charge in [0.25, 0.3) is 0 Å². The van der Waals surface area contributed by atoms with Crippen molar-refractivity contribution in [2.24, 2.45) is 5.10 Å². The average molecular weight is 350 g/mol. The summed E-state index contributed by atoms with van der Waals surface area (Å²) < 4.78 is 11.0. The van der Waals surface area contributed by atoms with E-state index in [1.165, 1.54) is 32.1 Å². The highest BCUT2D eigenvalue weighted by molar-refractivity contribution is 7.80. The molecule has 1 aromatic carbocycles. The molecular weight excluding hydrogens is 322 g/mol. The van der Waals surface area contributed by atoms with Crippen molar-refractivity contribution in [1.29, 1.82) is 0 Å². The SMILES string of the molecule is CCCOc1cc(/C=N\NC(=S)NC2CCCCC2)ccc1OC. The zero-order valence-corrected chi connectivity index (χ0v) is 15.3. The Balaban J connectivity index is 1.87. The van der Waals surface area contributed by atoms with Gasteiger partial charge in [-0.3, -0.25) is 5.43 Å². The number of methoxy groups -OCH3 is 1. The van der Waals surface area contributed by atoms with E-state index in [0.717, 1.165) is 23.5 Å². The summed E-state index contributed by atoms with van der Waals surface area (Å²) in [7, 11) is 1.64. The number of hydrogen-bond donors (Lipinski definition) is 2. The predicted octanol–water partition coefficient (Wildman–Crippen LogP) is 3.61. The van der Waals surface area contributed by atoms with Gasteiger partial charge in [-0.1, -0.05) is 26.2 Å². The molecule has 132 valence electrons. The van der Waals surface area contributed by atoms with E-state index in [4.69, 9.17) is 21.7 Å². The third kappa shape index (κ3) is 6.00. The summed E-state index contributed by atoms with van der Waals surface area (Å²) in [6.45, 7) is 2.73.